The van der Waals surface area contributed by atoms with Gasteiger partial charge >= 0.3 is 11.9 Å². The lowest BCUT2D eigenvalue weighted by atomic mass is 10.2. The molecule has 7 nitrogen and oxygen atoms in total. The lowest BCUT2D eigenvalue weighted by molar-refractivity contribution is -0.166. The number of nitrogens with two attached hydrogens (primary N) is 1. The molecule has 1 aromatic carbocycles. The van der Waals surface area contributed by atoms with E-state index in [-0.39, 0.29) is 19.0 Å². The molecule has 0 aliphatic carbocycles. The molecule has 1 heterocycles. The van der Waals surface area contributed by atoms with Gasteiger partial charge in [0, 0.05) is 10.1 Å². The quantitative estimate of drug-likeness (QED) is 0.342. The first-order chi connectivity index (χ1) is 11.5. The van der Waals surface area contributed by atoms with Gasteiger partial charge in [0.1, 0.15) is 11.6 Å². The van der Waals surface area contributed by atoms with Crippen molar-refractivity contribution in [1.82, 2.24) is 0 Å². The number of carbonyl (C=O) groups excluding carboxylic acids is 2. The highest BCUT2D eigenvalue weighted by molar-refractivity contribution is 7.20. The van der Waals surface area contributed by atoms with E-state index in [2.05, 4.69) is 0 Å². The first-order valence-electron chi connectivity index (χ1n) is 7.34. The minimum atomic E-state index is -1.50. The van der Waals surface area contributed by atoms with Crippen molar-refractivity contribution in [3.8, 4) is 5.75 Å². The number of amidine groups is 1. The van der Waals surface area contributed by atoms with Crippen LogP contribution in [-0.2, 0) is 19.1 Å². The summed E-state index contributed by atoms with van der Waals surface area (Å²) in [4.78, 5) is 24.6. The fraction of sp³-hybridized carbons (Fsp3) is 0.312. The van der Waals surface area contributed by atoms with E-state index >= 15 is 0 Å². The van der Waals surface area contributed by atoms with E-state index < -0.39 is 18.0 Å². The SMILES string of the molecule is CCOC(=O)C(Oc1cccc2sc(C(=N)N)cc12)C(=O)OCC. The van der Waals surface area contributed by atoms with Gasteiger partial charge in [-0.15, -0.1) is 11.3 Å². The van der Waals surface area contributed by atoms with Gasteiger partial charge in [-0.1, -0.05) is 6.07 Å². The second kappa shape index (κ2) is 7.78. The number of benzene rings is 1. The van der Waals surface area contributed by atoms with Crippen molar-refractivity contribution in [2.24, 2.45) is 5.73 Å². The zero-order valence-corrected chi connectivity index (χ0v) is 14.1. The minimum absolute atomic E-state index is 0.0607. The average Bonchev–Trinajstić information content (AvgIpc) is 2.98. The van der Waals surface area contributed by atoms with Crippen LogP contribution >= 0.6 is 11.3 Å². The van der Waals surface area contributed by atoms with E-state index in [0.29, 0.717) is 16.0 Å². The fourth-order valence-electron chi connectivity index (χ4n) is 2.02. The third-order valence-electron chi connectivity index (χ3n) is 3.03. The molecule has 0 spiro atoms. The number of thiophene rings is 1. The molecule has 0 bridgehead atoms. The maximum absolute atomic E-state index is 12.0. The van der Waals surface area contributed by atoms with Gasteiger partial charge in [0.05, 0.1) is 18.1 Å². The Morgan fingerprint density at radius 1 is 1.21 bits per heavy atom. The van der Waals surface area contributed by atoms with E-state index in [9.17, 15) is 9.59 Å². The molecular formula is C16H18N2O5S. The van der Waals surface area contributed by atoms with E-state index in [1.165, 1.54) is 11.3 Å². The molecule has 0 aliphatic rings. The van der Waals surface area contributed by atoms with Crippen LogP contribution in [0.5, 0.6) is 5.75 Å². The molecule has 0 saturated carbocycles. The molecule has 1 aromatic heterocycles. The minimum Gasteiger partial charge on any atom is -0.466 e. The van der Waals surface area contributed by atoms with Gasteiger partial charge in [-0.25, -0.2) is 9.59 Å². The normalized spacial score (nSPS) is 10.6. The number of carbonyl (C=O) groups is 2. The smallest absolute Gasteiger partial charge is 0.359 e. The Morgan fingerprint density at radius 3 is 2.38 bits per heavy atom. The molecule has 2 rings (SSSR count). The number of nitrogens with one attached hydrogen (secondary N) is 1. The van der Waals surface area contributed by atoms with Crippen molar-refractivity contribution in [3.63, 3.8) is 0 Å². The number of rotatable bonds is 7. The largest absolute Gasteiger partial charge is 0.466 e. The molecular weight excluding hydrogens is 332 g/mol. The van der Waals surface area contributed by atoms with E-state index in [1.54, 1.807) is 32.0 Å². The number of fused-ring (bicyclic) bond motifs is 1. The zero-order valence-electron chi connectivity index (χ0n) is 13.3. The summed E-state index contributed by atoms with van der Waals surface area (Å²) >= 11 is 1.32. The Kier molecular flexibility index (Phi) is 5.75. The van der Waals surface area contributed by atoms with Crippen LogP contribution in [0.2, 0.25) is 0 Å². The second-order valence-electron chi connectivity index (χ2n) is 4.69. The first kappa shape index (κ1) is 17.7. The Morgan fingerprint density at radius 2 is 1.83 bits per heavy atom. The molecule has 0 atom stereocenters. The topological polar surface area (TPSA) is 112 Å². The van der Waals surface area contributed by atoms with Crippen LogP contribution < -0.4 is 10.5 Å². The lowest BCUT2D eigenvalue weighted by Gasteiger charge is -2.16. The Balaban J connectivity index is 2.37. The van der Waals surface area contributed by atoms with Gasteiger partial charge < -0.3 is 19.9 Å². The Bertz CT molecular complexity index is 753. The van der Waals surface area contributed by atoms with Gasteiger partial charge in [0.25, 0.3) is 6.10 Å². The number of esters is 2. The summed E-state index contributed by atoms with van der Waals surface area (Å²) in [7, 11) is 0. The van der Waals surface area contributed by atoms with Crippen LogP contribution in [-0.4, -0.2) is 37.1 Å². The van der Waals surface area contributed by atoms with Gasteiger partial charge in [0.2, 0.25) is 0 Å². The van der Waals surface area contributed by atoms with Crippen LogP contribution in [0.1, 0.15) is 18.7 Å². The van der Waals surface area contributed by atoms with Gasteiger partial charge in [-0.05, 0) is 32.0 Å². The Hall–Kier alpha value is -2.61. The maximum Gasteiger partial charge on any atom is 0.359 e. The predicted molar refractivity (Wildman–Crippen MR) is 90.5 cm³/mol. The summed E-state index contributed by atoms with van der Waals surface area (Å²) in [5, 5.41) is 8.18. The average molecular weight is 350 g/mol. The number of ether oxygens (including phenoxy) is 3. The van der Waals surface area contributed by atoms with Gasteiger partial charge in [-0.2, -0.15) is 0 Å². The zero-order chi connectivity index (χ0) is 17.7. The van der Waals surface area contributed by atoms with Crippen molar-refractivity contribution in [3.05, 3.63) is 29.1 Å². The molecule has 0 unspecified atom stereocenters. The van der Waals surface area contributed by atoms with Crippen LogP contribution in [0.3, 0.4) is 0 Å². The summed E-state index contributed by atoms with van der Waals surface area (Å²) in [6.07, 6.45) is -1.50. The maximum atomic E-state index is 12.0. The predicted octanol–water partition coefficient (Wildman–Crippen LogP) is 2.06. The number of hydrogen-bond donors (Lipinski definition) is 2. The molecule has 24 heavy (non-hydrogen) atoms. The lowest BCUT2D eigenvalue weighted by Crippen LogP contribution is -2.38. The highest BCUT2D eigenvalue weighted by Crippen LogP contribution is 2.33. The Labute approximate surface area is 142 Å². The summed E-state index contributed by atoms with van der Waals surface area (Å²) < 4.78 is 16.2. The standard InChI is InChI=1S/C16H18N2O5S/c1-3-21-15(19)13(16(20)22-4-2)23-10-6-5-7-11-9(10)8-12(24-11)14(17)18/h5-8,13H,3-4H2,1-2H3,(H3,17,18). The summed E-state index contributed by atoms with van der Waals surface area (Å²) in [6.45, 7) is 3.52. The van der Waals surface area contributed by atoms with Crippen LogP contribution in [0.25, 0.3) is 10.1 Å². The van der Waals surface area contributed by atoms with Gasteiger partial charge in [-0.3, -0.25) is 5.41 Å². The third-order valence-corrected chi connectivity index (χ3v) is 4.17. The highest BCUT2D eigenvalue weighted by Gasteiger charge is 2.32. The third kappa shape index (κ3) is 3.83. The van der Waals surface area contributed by atoms with Crippen molar-refractivity contribution in [2.75, 3.05) is 13.2 Å². The molecule has 0 aliphatic heterocycles. The molecule has 8 heteroatoms. The molecule has 0 fully saturated rings. The van der Waals surface area contributed by atoms with E-state index in [0.717, 1.165) is 4.70 Å². The molecule has 2 aromatic rings. The molecule has 0 saturated heterocycles. The van der Waals surface area contributed by atoms with Crippen LogP contribution in [0.15, 0.2) is 24.3 Å². The summed E-state index contributed by atoms with van der Waals surface area (Å²) in [5.74, 6) is -1.36. The van der Waals surface area contributed by atoms with Crippen molar-refractivity contribution < 1.29 is 23.8 Å². The molecule has 0 amide bonds. The fourth-order valence-corrected chi connectivity index (χ4v) is 2.96. The first-order valence-corrected chi connectivity index (χ1v) is 8.16. The van der Waals surface area contributed by atoms with Crippen molar-refractivity contribution in [2.45, 2.75) is 20.0 Å². The molecule has 3 N–H and O–H groups in total. The summed E-state index contributed by atoms with van der Waals surface area (Å²) in [6, 6.07) is 6.88. The number of hydrogen-bond acceptors (Lipinski definition) is 7. The summed E-state index contributed by atoms with van der Waals surface area (Å²) in [5.41, 5.74) is 5.51. The van der Waals surface area contributed by atoms with Crippen LogP contribution in [0.4, 0.5) is 0 Å². The van der Waals surface area contributed by atoms with Gasteiger partial charge in [0.15, 0.2) is 0 Å². The van der Waals surface area contributed by atoms with E-state index in [4.69, 9.17) is 25.4 Å². The monoisotopic (exact) mass is 350 g/mol. The van der Waals surface area contributed by atoms with Crippen molar-refractivity contribution in [1.29, 1.82) is 5.41 Å². The highest BCUT2D eigenvalue weighted by atomic mass is 32.1. The van der Waals surface area contributed by atoms with E-state index in [1.807, 2.05) is 6.07 Å². The van der Waals surface area contributed by atoms with Crippen LogP contribution in [0, 0.1) is 5.41 Å². The molecule has 0 radical (unpaired) electrons. The molecule has 128 valence electrons. The number of nitrogen functional groups attached to an aromatic ring is 1. The second-order valence-corrected chi connectivity index (χ2v) is 5.78. The van der Waals surface area contributed by atoms with Crippen molar-refractivity contribution >= 4 is 39.2 Å².